The van der Waals surface area contributed by atoms with Crippen LogP contribution in [-0.4, -0.2) is 88.3 Å². The maximum Gasteiger partial charge on any atom is 0.322 e. The van der Waals surface area contributed by atoms with Crippen molar-refractivity contribution in [3.05, 3.63) is 28.2 Å². The summed E-state index contributed by atoms with van der Waals surface area (Å²) in [5.74, 6) is -0.201. The first kappa shape index (κ1) is 24.6. The van der Waals surface area contributed by atoms with E-state index < -0.39 is 24.4 Å². The largest absolute Gasteiger partial charge is 0.391 e. The summed E-state index contributed by atoms with van der Waals surface area (Å²) in [5, 5.41) is 13.9. The number of nitrogens with one attached hydrogen (secondary N) is 1. The number of rotatable bonds is 4. The van der Waals surface area contributed by atoms with Crippen molar-refractivity contribution in [2.24, 2.45) is 5.41 Å². The molecule has 3 saturated heterocycles. The number of carbonyl (C=O) groups is 3. The molecule has 1 saturated carbocycles. The third-order valence-electron chi connectivity index (χ3n) is 7.96. The minimum Gasteiger partial charge on any atom is -0.391 e. The lowest BCUT2D eigenvalue weighted by atomic mass is 9.90. The molecule has 3 heterocycles. The number of anilines is 1. The second kappa shape index (κ2) is 9.42. The van der Waals surface area contributed by atoms with E-state index in [4.69, 9.17) is 27.9 Å². The fourth-order valence-corrected chi connectivity index (χ4v) is 5.74. The molecule has 4 amide bonds. The van der Waals surface area contributed by atoms with Gasteiger partial charge in [-0.2, -0.15) is 0 Å². The molecule has 2 N–H and O–H groups in total. The highest BCUT2D eigenvalue weighted by molar-refractivity contribution is 6.42. The number of nitrogens with zero attached hydrogens (tertiary/aromatic N) is 3. The Bertz CT molecular complexity index is 1040. The molecule has 3 aliphatic heterocycles. The summed E-state index contributed by atoms with van der Waals surface area (Å²) in [7, 11) is 0. The number of fused-ring (bicyclic) bond motifs is 1. The minimum absolute atomic E-state index is 0.00290. The van der Waals surface area contributed by atoms with Crippen molar-refractivity contribution in [2.45, 2.75) is 63.4 Å². The summed E-state index contributed by atoms with van der Waals surface area (Å²) in [5.41, 5.74) is 0.531. The molecule has 1 spiro atoms. The molecule has 1 aliphatic carbocycles. The number of ether oxygens (including phenoxy) is 1. The van der Waals surface area contributed by atoms with Crippen molar-refractivity contribution in [3.63, 3.8) is 0 Å². The van der Waals surface area contributed by atoms with Crippen molar-refractivity contribution < 1.29 is 24.2 Å². The maximum atomic E-state index is 13.2. The van der Waals surface area contributed by atoms with Crippen LogP contribution in [0.3, 0.4) is 0 Å². The molecular weight excluding hydrogens is 495 g/mol. The Balaban J connectivity index is 1.16. The number of piperidine rings is 1. The number of aliphatic hydroxyl groups excluding tert-OH is 1. The number of benzene rings is 1. The highest BCUT2D eigenvalue weighted by Gasteiger charge is 2.52. The molecule has 0 bridgehead atoms. The van der Waals surface area contributed by atoms with E-state index in [0.29, 0.717) is 48.3 Å². The van der Waals surface area contributed by atoms with Crippen LogP contribution in [0.4, 0.5) is 10.5 Å². The van der Waals surface area contributed by atoms with Gasteiger partial charge >= 0.3 is 6.03 Å². The number of amides is 4. The summed E-state index contributed by atoms with van der Waals surface area (Å²) in [6.07, 6.45) is 2.75. The summed E-state index contributed by atoms with van der Waals surface area (Å²) in [4.78, 5) is 43.8. The molecule has 11 heteroatoms. The normalized spacial score (nSPS) is 29.4. The monoisotopic (exact) mass is 524 g/mol. The standard InChI is InChI=1S/C24H30Cl2N4O5/c1-14-22(33)30-16(3-5-20(32)28-9-8-24(6-7-24)19(31)11-28)13-35-21(30)12-29(14)23(34)27-15-2-4-17(25)18(26)10-15/h2,4,10,14,16,19,21,31H,3,5-9,11-13H2,1H3,(H,27,34). The Hall–Kier alpha value is -2.07. The summed E-state index contributed by atoms with van der Waals surface area (Å²) < 4.78 is 5.86. The predicted molar refractivity (Wildman–Crippen MR) is 130 cm³/mol. The first-order chi connectivity index (χ1) is 16.7. The Labute approximate surface area is 214 Å². The molecule has 5 rings (SSSR count). The van der Waals surface area contributed by atoms with Crippen molar-refractivity contribution in [1.29, 1.82) is 0 Å². The molecular formula is C24H30Cl2N4O5. The summed E-state index contributed by atoms with van der Waals surface area (Å²) in [6, 6.07) is 3.45. The van der Waals surface area contributed by atoms with E-state index in [9.17, 15) is 19.5 Å². The van der Waals surface area contributed by atoms with Gasteiger partial charge in [-0.25, -0.2) is 4.79 Å². The predicted octanol–water partition coefficient (Wildman–Crippen LogP) is 2.94. The van der Waals surface area contributed by atoms with Crippen LogP contribution in [-0.2, 0) is 14.3 Å². The van der Waals surface area contributed by atoms with E-state index in [0.717, 1.165) is 19.3 Å². The van der Waals surface area contributed by atoms with E-state index in [1.54, 1.807) is 34.9 Å². The Morgan fingerprint density at radius 3 is 2.66 bits per heavy atom. The smallest absolute Gasteiger partial charge is 0.322 e. The second-order valence-electron chi connectivity index (χ2n) is 10.1. The van der Waals surface area contributed by atoms with Crippen LogP contribution in [0.15, 0.2) is 18.2 Å². The first-order valence-electron chi connectivity index (χ1n) is 12.1. The van der Waals surface area contributed by atoms with Gasteiger partial charge in [-0.05, 0) is 56.2 Å². The van der Waals surface area contributed by atoms with Gasteiger partial charge in [0.25, 0.3) is 0 Å². The van der Waals surface area contributed by atoms with Crippen LogP contribution < -0.4 is 5.32 Å². The molecule has 1 aromatic rings. The van der Waals surface area contributed by atoms with Gasteiger partial charge in [-0.3, -0.25) is 9.59 Å². The van der Waals surface area contributed by atoms with Crippen LogP contribution in [0.2, 0.25) is 10.0 Å². The Kier molecular flexibility index (Phi) is 6.63. The Morgan fingerprint density at radius 2 is 1.97 bits per heavy atom. The number of β-amino-alcohol motifs (C(OH)–C–C–N with tert-alkyl or cyclic N) is 1. The highest BCUT2D eigenvalue weighted by atomic mass is 35.5. The average molecular weight is 525 g/mol. The molecule has 4 unspecified atom stereocenters. The van der Waals surface area contributed by atoms with E-state index in [2.05, 4.69) is 5.32 Å². The molecule has 4 atom stereocenters. The van der Waals surface area contributed by atoms with Crippen LogP contribution >= 0.6 is 23.2 Å². The first-order valence-corrected chi connectivity index (χ1v) is 12.9. The highest BCUT2D eigenvalue weighted by Crippen LogP contribution is 2.53. The third kappa shape index (κ3) is 4.71. The van der Waals surface area contributed by atoms with Crippen molar-refractivity contribution >= 4 is 46.7 Å². The minimum atomic E-state index is -0.680. The van der Waals surface area contributed by atoms with Crippen molar-refractivity contribution in [2.75, 3.05) is 31.6 Å². The van der Waals surface area contributed by atoms with E-state index in [1.165, 1.54) is 4.90 Å². The van der Waals surface area contributed by atoms with Crippen molar-refractivity contribution in [3.8, 4) is 0 Å². The molecule has 4 aliphatic rings. The molecule has 35 heavy (non-hydrogen) atoms. The van der Waals surface area contributed by atoms with Crippen LogP contribution in [0, 0.1) is 5.41 Å². The van der Waals surface area contributed by atoms with Crippen molar-refractivity contribution in [1.82, 2.24) is 14.7 Å². The molecule has 190 valence electrons. The molecule has 0 radical (unpaired) electrons. The van der Waals surface area contributed by atoms with Gasteiger partial charge in [0.1, 0.15) is 6.04 Å². The number of likely N-dealkylation sites (tertiary alicyclic amines) is 1. The fraction of sp³-hybridized carbons (Fsp3) is 0.625. The topological polar surface area (TPSA) is 102 Å². The lowest BCUT2D eigenvalue weighted by Gasteiger charge is -2.42. The second-order valence-corrected chi connectivity index (χ2v) is 10.9. The summed E-state index contributed by atoms with van der Waals surface area (Å²) >= 11 is 12.0. The van der Waals surface area contributed by atoms with E-state index in [-0.39, 0.29) is 29.8 Å². The lowest BCUT2D eigenvalue weighted by Crippen LogP contribution is -2.62. The van der Waals surface area contributed by atoms with Gasteiger partial charge in [0, 0.05) is 25.2 Å². The van der Waals surface area contributed by atoms with Crippen LogP contribution in [0.1, 0.15) is 39.0 Å². The lowest BCUT2D eigenvalue weighted by molar-refractivity contribution is -0.150. The molecule has 4 fully saturated rings. The van der Waals surface area contributed by atoms with E-state index in [1.807, 2.05) is 0 Å². The zero-order valence-corrected chi connectivity index (χ0v) is 21.1. The van der Waals surface area contributed by atoms with Gasteiger partial charge < -0.3 is 29.9 Å². The Morgan fingerprint density at radius 1 is 1.20 bits per heavy atom. The molecule has 1 aromatic carbocycles. The number of hydrogen-bond donors (Lipinski definition) is 2. The van der Waals surface area contributed by atoms with Gasteiger partial charge in [0.2, 0.25) is 11.8 Å². The van der Waals surface area contributed by atoms with Gasteiger partial charge in [-0.15, -0.1) is 0 Å². The van der Waals surface area contributed by atoms with Gasteiger partial charge in [0.05, 0.1) is 35.3 Å². The SMILES string of the molecule is CC1C(=O)N2C(CCC(=O)N3CCC4(CC4)C(O)C3)COC2CN1C(=O)Nc1ccc(Cl)c(Cl)c1. The third-order valence-corrected chi connectivity index (χ3v) is 8.70. The van der Waals surface area contributed by atoms with Crippen LogP contribution in [0.25, 0.3) is 0 Å². The molecule has 9 nitrogen and oxygen atoms in total. The zero-order valence-electron chi connectivity index (χ0n) is 19.6. The number of aliphatic hydroxyl groups is 1. The number of halogens is 2. The number of piperazine rings is 1. The maximum absolute atomic E-state index is 13.2. The van der Waals surface area contributed by atoms with E-state index >= 15 is 0 Å². The number of urea groups is 1. The quantitative estimate of drug-likeness (QED) is 0.630. The number of carbonyl (C=O) groups excluding carboxylic acids is 3. The summed E-state index contributed by atoms with van der Waals surface area (Å²) in [6.45, 7) is 3.32. The zero-order chi connectivity index (χ0) is 24.9. The average Bonchev–Trinajstić information content (AvgIpc) is 3.50. The van der Waals surface area contributed by atoms with Crippen LogP contribution in [0.5, 0.6) is 0 Å². The fourth-order valence-electron chi connectivity index (χ4n) is 5.44. The number of hydrogen-bond acceptors (Lipinski definition) is 5. The van der Waals surface area contributed by atoms with Gasteiger partial charge in [0.15, 0.2) is 6.23 Å². The molecule has 0 aromatic heterocycles. The van der Waals surface area contributed by atoms with Gasteiger partial charge in [-0.1, -0.05) is 23.2 Å².